The predicted molar refractivity (Wildman–Crippen MR) is 66.9 cm³/mol. The summed E-state index contributed by atoms with van der Waals surface area (Å²) in [5, 5.41) is 11.6. The van der Waals surface area contributed by atoms with Crippen molar-refractivity contribution in [3.63, 3.8) is 0 Å². The molecule has 0 radical (unpaired) electrons. The summed E-state index contributed by atoms with van der Waals surface area (Å²) in [6.07, 6.45) is 4.48. The Morgan fingerprint density at radius 1 is 1.17 bits per heavy atom. The molecule has 0 spiro atoms. The molecule has 2 nitrogen and oxygen atoms in total. The van der Waals surface area contributed by atoms with E-state index in [-0.39, 0.29) is 17.7 Å². The zero-order valence-electron chi connectivity index (χ0n) is 10.6. The van der Waals surface area contributed by atoms with Crippen LogP contribution in [0.25, 0.3) is 0 Å². The third-order valence-corrected chi connectivity index (χ3v) is 2.78. The fraction of sp³-hybridized carbons (Fsp3) is 0.500. The molecule has 0 bridgehead atoms. The lowest BCUT2D eigenvalue weighted by Gasteiger charge is -2.07. The van der Waals surface area contributed by atoms with Crippen LogP contribution in [0.3, 0.4) is 0 Å². The van der Waals surface area contributed by atoms with Crippen LogP contribution in [0.15, 0.2) is 12.1 Å². The van der Waals surface area contributed by atoms with Gasteiger partial charge in [0.05, 0.1) is 11.6 Å². The van der Waals surface area contributed by atoms with Crippen molar-refractivity contribution in [2.75, 3.05) is 6.54 Å². The molecule has 0 aromatic heterocycles. The Kier molecular flexibility index (Phi) is 6.31. The minimum Gasteiger partial charge on any atom is -0.312 e. The van der Waals surface area contributed by atoms with Gasteiger partial charge in [-0.1, -0.05) is 26.2 Å². The molecule has 0 atom stereocenters. The Morgan fingerprint density at radius 3 is 2.39 bits per heavy atom. The summed E-state index contributed by atoms with van der Waals surface area (Å²) in [4.78, 5) is 0. The molecule has 0 fully saturated rings. The highest BCUT2D eigenvalue weighted by molar-refractivity contribution is 5.34. The highest BCUT2D eigenvalue weighted by Gasteiger charge is 2.10. The molecule has 0 aliphatic rings. The third-order valence-electron chi connectivity index (χ3n) is 2.78. The number of halogens is 2. The summed E-state index contributed by atoms with van der Waals surface area (Å²) in [7, 11) is 0. The van der Waals surface area contributed by atoms with E-state index in [1.54, 1.807) is 6.07 Å². The zero-order valence-corrected chi connectivity index (χ0v) is 10.6. The van der Waals surface area contributed by atoms with Crippen molar-refractivity contribution in [3.05, 3.63) is 34.9 Å². The topological polar surface area (TPSA) is 35.8 Å². The highest BCUT2D eigenvalue weighted by Crippen LogP contribution is 2.14. The third kappa shape index (κ3) is 4.42. The number of hydrogen-bond donors (Lipinski definition) is 1. The average molecular weight is 252 g/mol. The number of hydrogen-bond acceptors (Lipinski definition) is 2. The van der Waals surface area contributed by atoms with Crippen LogP contribution in [-0.2, 0) is 6.54 Å². The standard InChI is InChI=1S/C14H18F2N2/c1-2-3-4-5-6-18-10-12-13(15)7-11(9-17)8-14(12)16/h7-8,18H,2-6,10H2,1H3. The van der Waals surface area contributed by atoms with Crippen LogP contribution in [-0.4, -0.2) is 6.54 Å². The van der Waals surface area contributed by atoms with E-state index in [0.717, 1.165) is 31.5 Å². The van der Waals surface area contributed by atoms with Gasteiger partial charge in [-0.15, -0.1) is 0 Å². The van der Waals surface area contributed by atoms with Crippen LogP contribution in [0.1, 0.15) is 43.7 Å². The predicted octanol–water partition coefficient (Wildman–Crippen LogP) is 3.51. The van der Waals surface area contributed by atoms with E-state index in [0.29, 0.717) is 0 Å². The first-order valence-electron chi connectivity index (χ1n) is 6.27. The van der Waals surface area contributed by atoms with Crippen molar-refractivity contribution in [2.45, 2.75) is 39.2 Å². The minimum atomic E-state index is -0.660. The normalized spacial score (nSPS) is 10.3. The van der Waals surface area contributed by atoms with E-state index in [1.165, 1.54) is 12.8 Å². The molecule has 4 heteroatoms. The van der Waals surface area contributed by atoms with Crippen molar-refractivity contribution in [1.82, 2.24) is 5.32 Å². The molecule has 1 aromatic carbocycles. The van der Waals surface area contributed by atoms with E-state index in [1.807, 2.05) is 0 Å². The Labute approximate surface area is 107 Å². The summed E-state index contributed by atoms with van der Waals surface area (Å²) in [5.41, 5.74) is 0.0150. The monoisotopic (exact) mass is 252 g/mol. The molecular formula is C14H18F2N2. The van der Waals surface area contributed by atoms with E-state index >= 15 is 0 Å². The van der Waals surface area contributed by atoms with Crippen LogP contribution in [0.2, 0.25) is 0 Å². The van der Waals surface area contributed by atoms with E-state index in [4.69, 9.17) is 5.26 Å². The zero-order chi connectivity index (χ0) is 13.4. The SMILES string of the molecule is CCCCCCNCc1c(F)cc(C#N)cc1F. The molecule has 0 heterocycles. The molecule has 1 rings (SSSR count). The van der Waals surface area contributed by atoms with Crippen molar-refractivity contribution in [1.29, 1.82) is 5.26 Å². The fourth-order valence-electron chi connectivity index (χ4n) is 1.73. The van der Waals surface area contributed by atoms with E-state index in [2.05, 4.69) is 12.2 Å². The Bertz CT molecular complexity index is 401. The average Bonchev–Trinajstić information content (AvgIpc) is 2.35. The number of nitrogens with zero attached hydrogens (tertiary/aromatic N) is 1. The van der Waals surface area contributed by atoms with Gasteiger partial charge in [-0.05, 0) is 25.1 Å². The highest BCUT2D eigenvalue weighted by atomic mass is 19.1. The Balaban J connectivity index is 2.45. The summed E-state index contributed by atoms with van der Waals surface area (Å²) in [5.74, 6) is -1.32. The maximum atomic E-state index is 13.5. The lowest BCUT2D eigenvalue weighted by atomic mass is 10.1. The van der Waals surface area contributed by atoms with Crippen molar-refractivity contribution >= 4 is 0 Å². The smallest absolute Gasteiger partial charge is 0.131 e. The lowest BCUT2D eigenvalue weighted by molar-refractivity contribution is 0.526. The molecular weight excluding hydrogens is 234 g/mol. The fourth-order valence-corrected chi connectivity index (χ4v) is 1.73. The van der Waals surface area contributed by atoms with Gasteiger partial charge in [0.25, 0.3) is 0 Å². The van der Waals surface area contributed by atoms with Gasteiger partial charge < -0.3 is 5.32 Å². The summed E-state index contributed by atoms with van der Waals surface area (Å²) in [6.45, 7) is 3.04. The summed E-state index contributed by atoms with van der Waals surface area (Å²) in [6, 6.07) is 3.86. The van der Waals surface area contributed by atoms with Crippen LogP contribution in [0.5, 0.6) is 0 Å². The van der Waals surface area contributed by atoms with Gasteiger partial charge in [-0.25, -0.2) is 8.78 Å². The van der Waals surface area contributed by atoms with Crippen LogP contribution in [0.4, 0.5) is 8.78 Å². The quantitative estimate of drug-likeness (QED) is 0.754. The molecule has 98 valence electrons. The number of benzene rings is 1. The first kappa shape index (κ1) is 14.6. The second kappa shape index (κ2) is 7.78. The van der Waals surface area contributed by atoms with Crippen LogP contribution >= 0.6 is 0 Å². The maximum absolute atomic E-state index is 13.5. The second-order valence-electron chi connectivity index (χ2n) is 4.27. The molecule has 0 aliphatic carbocycles. The van der Waals surface area contributed by atoms with Crippen molar-refractivity contribution in [2.24, 2.45) is 0 Å². The number of rotatable bonds is 7. The Morgan fingerprint density at radius 2 is 1.83 bits per heavy atom. The molecule has 0 saturated carbocycles. The first-order chi connectivity index (χ1) is 8.69. The first-order valence-corrected chi connectivity index (χ1v) is 6.27. The van der Waals surface area contributed by atoms with Gasteiger partial charge in [0, 0.05) is 12.1 Å². The van der Waals surface area contributed by atoms with Gasteiger partial charge in [0.15, 0.2) is 0 Å². The van der Waals surface area contributed by atoms with E-state index < -0.39 is 11.6 Å². The molecule has 1 N–H and O–H groups in total. The number of nitrogens with one attached hydrogen (secondary N) is 1. The van der Waals surface area contributed by atoms with Gasteiger partial charge in [0.2, 0.25) is 0 Å². The van der Waals surface area contributed by atoms with E-state index in [9.17, 15) is 8.78 Å². The Hall–Kier alpha value is -1.47. The minimum absolute atomic E-state index is 0.00416. The van der Waals surface area contributed by atoms with Crippen LogP contribution < -0.4 is 5.32 Å². The van der Waals surface area contributed by atoms with Crippen molar-refractivity contribution in [3.8, 4) is 6.07 Å². The molecule has 0 unspecified atom stereocenters. The summed E-state index contributed by atoms with van der Waals surface area (Å²) < 4.78 is 27.0. The second-order valence-corrected chi connectivity index (χ2v) is 4.27. The van der Waals surface area contributed by atoms with Gasteiger partial charge in [-0.2, -0.15) is 5.26 Å². The molecule has 18 heavy (non-hydrogen) atoms. The van der Waals surface area contributed by atoms with Gasteiger partial charge in [0.1, 0.15) is 11.6 Å². The van der Waals surface area contributed by atoms with Gasteiger partial charge in [-0.3, -0.25) is 0 Å². The molecule has 0 saturated heterocycles. The number of nitriles is 1. The lowest BCUT2D eigenvalue weighted by Crippen LogP contribution is -2.17. The van der Waals surface area contributed by atoms with Crippen molar-refractivity contribution < 1.29 is 8.78 Å². The summed E-state index contributed by atoms with van der Waals surface area (Å²) >= 11 is 0. The molecule has 1 aromatic rings. The number of unbranched alkanes of at least 4 members (excludes halogenated alkanes) is 3. The maximum Gasteiger partial charge on any atom is 0.131 e. The molecule has 0 aliphatic heterocycles. The molecule has 0 amide bonds. The largest absolute Gasteiger partial charge is 0.312 e. The van der Waals surface area contributed by atoms with Crippen LogP contribution in [0, 0.1) is 23.0 Å². The van der Waals surface area contributed by atoms with Gasteiger partial charge >= 0.3 is 0 Å².